The third kappa shape index (κ3) is 6.11. The summed E-state index contributed by atoms with van der Waals surface area (Å²) in [4.78, 5) is 17.2. The van der Waals surface area contributed by atoms with Crippen LogP contribution >= 0.6 is 0 Å². The second-order valence-corrected chi connectivity index (χ2v) is 6.27. The van der Waals surface area contributed by atoms with E-state index in [0.29, 0.717) is 31.2 Å². The van der Waals surface area contributed by atoms with E-state index in [9.17, 15) is 4.79 Å². The summed E-state index contributed by atoms with van der Waals surface area (Å²) < 4.78 is 11.4. The zero-order valence-corrected chi connectivity index (χ0v) is 15.8. The summed E-state index contributed by atoms with van der Waals surface area (Å²) in [6.07, 6.45) is 4.51. The second-order valence-electron chi connectivity index (χ2n) is 6.27. The van der Waals surface area contributed by atoms with Crippen LogP contribution in [-0.4, -0.2) is 29.7 Å². The predicted molar refractivity (Wildman–Crippen MR) is 97.6 cm³/mol. The average Bonchev–Trinajstić information content (AvgIpc) is 2.58. The Bertz CT molecular complexity index is 509. The number of hydrogen-bond donors (Lipinski definition) is 1. The molecule has 1 aromatic heterocycles. The highest BCUT2D eigenvalue weighted by atomic mass is 16.5. The minimum absolute atomic E-state index is 0.114. The lowest BCUT2D eigenvalue weighted by atomic mass is 9.97. The standard InChI is InChI=1S/C19H32N2O3/c1-6-9-12-19(5,24-14-8-3)18(22)21-16-10-11-17(20-15(16)4)23-13-7-2/h10-11H,6-9,12-14H2,1-5H3,(H,21,22). The van der Waals surface area contributed by atoms with Gasteiger partial charge in [0.15, 0.2) is 0 Å². The number of hydrogen-bond acceptors (Lipinski definition) is 4. The molecule has 0 spiro atoms. The average molecular weight is 336 g/mol. The lowest BCUT2D eigenvalue weighted by molar-refractivity contribution is -0.140. The van der Waals surface area contributed by atoms with Gasteiger partial charge in [-0.25, -0.2) is 4.98 Å². The Labute approximate surface area is 146 Å². The van der Waals surface area contributed by atoms with Crippen molar-refractivity contribution in [3.63, 3.8) is 0 Å². The minimum Gasteiger partial charge on any atom is -0.478 e. The van der Waals surface area contributed by atoms with Gasteiger partial charge in [0.25, 0.3) is 5.91 Å². The van der Waals surface area contributed by atoms with Gasteiger partial charge in [-0.3, -0.25) is 4.79 Å². The van der Waals surface area contributed by atoms with Crippen molar-refractivity contribution in [3.05, 3.63) is 17.8 Å². The molecule has 0 bridgehead atoms. The molecule has 0 aliphatic heterocycles. The number of rotatable bonds is 11. The zero-order chi connectivity index (χ0) is 18.0. The number of aryl methyl sites for hydroxylation is 1. The highest BCUT2D eigenvalue weighted by molar-refractivity contribution is 5.97. The largest absolute Gasteiger partial charge is 0.478 e. The fourth-order valence-corrected chi connectivity index (χ4v) is 2.30. The fourth-order valence-electron chi connectivity index (χ4n) is 2.30. The second kappa shape index (κ2) is 10.3. The highest BCUT2D eigenvalue weighted by Gasteiger charge is 2.33. The van der Waals surface area contributed by atoms with E-state index in [2.05, 4.69) is 24.1 Å². The number of aromatic nitrogens is 1. The number of pyridine rings is 1. The molecule has 0 fully saturated rings. The van der Waals surface area contributed by atoms with E-state index in [1.54, 1.807) is 6.07 Å². The highest BCUT2D eigenvalue weighted by Crippen LogP contribution is 2.24. The minimum atomic E-state index is -0.810. The van der Waals surface area contributed by atoms with E-state index in [0.717, 1.165) is 31.4 Å². The Kier molecular flexibility index (Phi) is 8.76. The van der Waals surface area contributed by atoms with Gasteiger partial charge in [0, 0.05) is 12.7 Å². The van der Waals surface area contributed by atoms with Gasteiger partial charge in [-0.05, 0) is 39.2 Å². The van der Waals surface area contributed by atoms with Crippen LogP contribution < -0.4 is 10.1 Å². The predicted octanol–water partition coefficient (Wildman–Crippen LogP) is 4.49. The van der Waals surface area contributed by atoms with Crippen LogP contribution in [0, 0.1) is 6.92 Å². The molecule has 0 aromatic carbocycles. The van der Waals surface area contributed by atoms with Crippen LogP contribution in [0.4, 0.5) is 5.69 Å². The molecule has 1 amide bonds. The molecule has 24 heavy (non-hydrogen) atoms. The van der Waals surface area contributed by atoms with Crippen LogP contribution in [0.1, 0.15) is 65.5 Å². The van der Waals surface area contributed by atoms with Crippen LogP contribution in [0.5, 0.6) is 5.88 Å². The van der Waals surface area contributed by atoms with E-state index in [1.165, 1.54) is 0 Å². The Morgan fingerprint density at radius 2 is 1.88 bits per heavy atom. The molecule has 0 radical (unpaired) electrons. The van der Waals surface area contributed by atoms with Crippen LogP contribution in [0.15, 0.2) is 12.1 Å². The molecule has 1 aromatic rings. The molecule has 0 saturated carbocycles. The molecule has 136 valence electrons. The number of unbranched alkanes of at least 4 members (excludes halogenated alkanes) is 1. The van der Waals surface area contributed by atoms with E-state index in [-0.39, 0.29) is 5.91 Å². The molecule has 1 heterocycles. The molecule has 5 nitrogen and oxygen atoms in total. The summed E-state index contributed by atoms with van der Waals surface area (Å²) >= 11 is 0. The molecule has 1 N–H and O–H groups in total. The summed E-state index contributed by atoms with van der Waals surface area (Å²) in [6.45, 7) is 11.2. The third-order valence-electron chi connectivity index (χ3n) is 3.87. The van der Waals surface area contributed by atoms with Crippen molar-refractivity contribution in [2.24, 2.45) is 0 Å². The number of amides is 1. The summed E-state index contributed by atoms with van der Waals surface area (Å²) in [5.74, 6) is 0.472. The lowest BCUT2D eigenvalue weighted by Crippen LogP contribution is -2.43. The number of carbonyl (C=O) groups is 1. The zero-order valence-electron chi connectivity index (χ0n) is 15.8. The monoisotopic (exact) mass is 336 g/mol. The van der Waals surface area contributed by atoms with Crippen molar-refractivity contribution >= 4 is 11.6 Å². The molecular weight excluding hydrogens is 304 g/mol. The molecule has 5 heteroatoms. The maximum Gasteiger partial charge on any atom is 0.256 e. The molecule has 0 saturated heterocycles. The number of ether oxygens (including phenoxy) is 2. The van der Waals surface area contributed by atoms with E-state index >= 15 is 0 Å². The van der Waals surface area contributed by atoms with Gasteiger partial charge >= 0.3 is 0 Å². The molecule has 1 rings (SSSR count). The van der Waals surface area contributed by atoms with Crippen molar-refractivity contribution in [1.82, 2.24) is 4.98 Å². The Balaban J connectivity index is 2.82. The lowest BCUT2D eigenvalue weighted by Gasteiger charge is -2.29. The molecule has 0 aliphatic carbocycles. The number of carbonyl (C=O) groups excluding carboxylic acids is 1. The van der Waals surface area contributed by atoms with Crippen LogP contribution in [0.2, 0.25) is 0 Å². The van der Waals surface area contributed by atoms with Crippen molar-refractivity contribution in [1.29, 1.82) is 0 Å². The normalized spacial score (nSPS) is 13.4. The SMILES string of the molecule is CCCCC(C)(OCCC)C(=O)Nc1ccc(OCCC)nc1C. The van der Waals surface area contributed by atoms with Gasteiger partial charge < -0.3 is 14.8 Å². The van der Waals surface area contributed by atoms with Crippen LogP contribution in [0.3, 0.4) is 0 Å². The molecular formula is C19H32N2O3. The van der Waals surface area contributed by atoms with Gasteiger partial charge in [0.05, 0.1) is 18.0 Å². The van der Waals surface area contributed by atoms with Crippen molar-refractivity contribution < 1.29 is 14.3 Å². The summed E-state index contributed by atoms with van der Waals surface area (Å²) in [5.41, 5.74) is 0.632. The van der Waals surface area contributed by atoms with E-state index < -0.39 is 5.60 Å². The number of nitrogens with one attached hydrogen (secondary N) is 1. The van der Waals surface area contributed by atoms with Gasteiger partial charge in [-0.15, -0.1) is 0 Å². The molecule has 1 atom stereocenters. The first-order valence-electron chi connectivity index (χ1n) is 9.02. The Morgan fingerprint density at radius 3 is 2.46 bits per heavy atom. The first-order chi connectivity index (χ1) is 11.5. The van der Waals surface area contributed by atoms with Gasteiger partial charge in [-0.1, -0.05) is 33.6 Å². The molecule has 0 aliphatic rings. The summed E-state index contributed by atoms with van der Waals surface area (Å²) in [5, 5.41) is 2.97. The van der Waals surface area contributed by atoms with Gasteiger partial charge in [-0.2, -0.15) is 0 Å². The molecule has 1 unspecified atom stereocenters. The summed E-state index contributed by atoms with van der Waals surface area (Å²) in [7, 11) is 0. The van der Waals surface area contributed by atoms with Gasteiger partial charge in [0.2, 0.25) is 5.88 Å². The number of anilines is 1. The van der Waals surface area contributed by atoms with Crippen LogP contribution in [-0.2, 0) is 9.53 Å². The quantitative estimate of drug-likeness (QED) is 0.646. The smallest absolute Gasteiger partial charge is 0.256 e. The van der Waals surface area contributed by atoms with E-state index in [4.69, 9.17) is 9.47 Å². The topological polar surface area (TPSA) is 60.5 Å². The maximum absolute atomic E-state index is 12.8. The van der Waals surface area contributed by atoms with Crippen molar-refractivity contribution in [2.75, 3.05) is 18.5 Å². The van der Waals surface area contributed by atoms with Crippen molar-refractivity contribution in [2.45, 2.75) is 72.3 Å². The Hall–Kier alpha value is -1.62. The fraction of sp³-hybridized carbons (Fsp3) is 0.684. The number of nitrogens with zero attached hydrogens (tertiary/aromatic N) is 1. The Morgan fingerprint density at radius 1 is 1.17 bits per heavy atom. The first-order valence-corrected chi connectivity index (χ1v) is 9.02. The summed E-state index contributed by atoms with van der Waals surface area (Å²) in [6, 6.07) is 3.62. The first kappa shape index (κ1) is 20.4. The van der Waals surface area contributed by atoms with Crippen LogP contribution in [0.25, 0.3) is 0 Å². The van der Waals surface area contributed by atoms with E-state index in [1.807, 2.05) is 26.8 Å². The maximum atomic E-state index is 12.8. The van der Waals surface area contributed by atoms with Crippen molar-refractivity contribution in [3.8, 4) is 5.88 Å². The van der Waals surface area contributed by atoms with Gasteiger partial charge in [0.1, 0.15) is 5.60 Å². The third-order valence-corrected chi connectivity index (χ3v) is 3.87.